The minimum atomic E-state index is 0.458. The molecule has 1 aromatic rings. The molecule has 2 unspecified atom stereocenters. The summed E-state index contributed by atoms with van der Waals surface area (Å²) in [4.78, 5) is 7.55. The van der Waals surface area contributed by atoms with E-state index in [-0.39, 0.29) is 0 Å². The normalized spacial score (nSPS) is 20.2. The molecule has 1 aliphatic heterocycles. The number of hydrogen-bond acceptors (Lipinski definition) is 4. The second kappa shape index (κ2) is 7.51. The third-order valence-electron chi connectivity index (χ3n) is 3.93. The number of aliphatic imine (C=N–C) groups is 1. The van der Waals surface area contributed by atoms with Gasteiger partial charge in [0, 0.05) is 27.5 Å². The summed E-state index contributed by atoms with van der Waals surface area (Å²) in [5, 5.41) is 5.43. The summed E-state index contributed by atoms with van der Waals surface area (Å²) < 4.78 is 0. The van der Waals surface area contributed by atoms with Crippen molar-refractivity contribution < 1.29 is 0 Å². The number of nitrogens with one attached hydrogen (secondary N) is 1. The van der Waals surface area contributed by atoms with Crippen molar-refractivity contribution in [2.24, 2.45) is 10.9 Å². The van der Waals surface area contributed by atoms with Crippen molar-refractivity contribution in [2.75, 3.05) is 6.54 Å². The van der Waals surface area contributed by atoms with E-state index in [1.165, 1.54) is 22.6 Å². The summed E-state index contributed by atoms with van der Waals surface area (Å²) in [5.41, 5.74) is 0. The molecule has 0 fully saturated rings. The zero-order valence-corrected chi connectivity index (χ0v) is 14.6. The minimum Gasteiger partial charge on any atom is -0.362 e. The number of aryl methyl sites for hydroxylation is 1. The zero-order chi connectivity index (χ0) is 14.5. The van der Waals surface area contributed by atoms with Crippen molar-refractivity contribution in [1.82, 2.24) is 5.32 Å². The fraction of sp³-hybridized carbons (Fsp3) is 0.688. The Kier molecular flexibility index (Phi) is 5.97. The van der Waals surface area contributed by atoms with Crippen molar-refractivity contribution >= 4 is 28.3 Å². The molecule has 0 saturated heterocycles. The average molecular weight is 311 g/mol. The van der Waals surface area contributed by atoms with Crippen LogP contribution in [0.15, 0.2) is 17.1 Å². The van der Waals surface area contributed by atoms with E-state index in [1.54, 1.807) is 0 Å². The van der Waals surface area contributed by atoms with Gasteiger partial charge in [-0.25, -0.2) is 0 Å². The van der Waals surface area contributed by atoms with Crippen LogP contribution in [0.1, 0.15) is 43.4 Å². The lowest BCUT2D eigenvalue weighted by Gasteiger charge is -2.19. The van der Waals surface area contributed by atoms with Crippen molar-refractivity contribution in [2.45, 2.75) is 58.2 Å². The number of thioether (sulfide) groups is 1. The maximum atomic E-state index is 4.69. The van der Waals surface area contributed by atoms with Gasteiger partial charge in [-0.2, -0.15) is 0 Å². The fourth-order valence-electron chi connectivity index (χ4n) is 2.69. The van der Waals surface area contributed by atoms with Crippen LogP contribution in [0.25, 0.3) is 0 Å². The van der Waals surface area contributed by atoms with Crippen molar-refractivity contribution in [3.05, 3.63) is 21.9 Å². The van der Waals surface area contributed by atoms with E-state index < -0.39 is 0 Å². The molecular formula is C16H26N2S2. The molecule has 112 valence electrons. The van der Waals surface area contributed by atoms with E-state index in [9.17, 15) is 0 Å². The van der Waals surface area contributed by atoms with Crippen LogP contribution in [0.3, 0.4) is 0 Å². The van der Waals surface area contributed by atoms with Gasteiger partial charge in [0.15, 0.2) is 5.17 Å². The van der Waals surface area contributed by atoms with Crippen LogP contribution in [0.4, 0.5) is 0 Å². The molecule has 20 heavy (non-hydrogen) atoms. The highest BCUT2D eigenvalue weighted by atomic mass is 32.2. The number of thiophene rings is 1. The van der Waals surface area contributed by atoms with Gasteiger partial charge < -0.3 is 5.32 Å². The number of rotatable bonds is 6. The largest absolute Gasteiger partial charge is 0.362 e. The van der Waals surface area contributed by atoms with Gasteiger partial charge >= 0.3 is 0 Å². The lowest BCUT2D eigenvalue weighted by atomic mass is 9.99. The van der Waals surface area contributed by atoms with Crippen LogP contribution in [0.5, 0.6) is 0 Å². The predicted octanol–water partition coefficient (Wildman–Crippen LogP) is 4.48. The quantitative estimate of drug-likeness (QED) is 0.837. The van der Waals surface area contributed by atoms with Crippen molar-refractivity contribution in [1.29, 1.82) is 0 Å². The first-order chi connectivity index (χ1) is 9.62. The fourth-order valence-corrected chi connectivity index (χ4v) is 5.14. The lowest BCUT2D eigenvalue weighted by Crippen LogP contribution is -2.31. The van der Waals surface area contributed by atoms with Gasteiger partial charge in [-0.05, 0) is 31.9 Å². The molecule has 0 bridgehead atoms. The Labute approximate surface area is 131 Å². The molecule has 0 amide bonds. The van der Waals surface area contributed by atoms with Crippen LogP contribution < -0.4 is 5.32 Å². The first-order valence-corrected chi connectivity index (χ1v) is 9.34. The topological polar surface area (TPSA) is 24.4 Å². The first kappa shape index (κ1) is 15.9. The van der Waals surface area contributed by atoms with E-state index >= 15 is 0 Å². The number of amidine groups is 1. The van der Waals surface area contributed by atoms with Gasteiger partial charge in [-0.3, -0.25) is 4.99 Å². The molecule has 0 saturated carbocycles. The predicted molar refractivity (Wildman–Crippen MR) is 93.1 cm³/mol. The molecule has 2 heterocycles. The molecule has 2 rings (SSSR count). The van der Waals surface area contributed by atoms with Crippen molar-refractivity contribution in [3.63, 3.8) is 0 Å². The summed E-state index contributed by atoms with van der Waals surface area (Å²) in [6.07, 6.45) is 3.62. The summed E-state index contributed by atoms with van der Waals surface area (Å²) in [7, 11) is 0. The zero-order valence-electron chi connectivity index (χ0n) is 13.0. The first-order valence-electron chi connectivity index (χ1n) is 7.65. The van der Waals surface area contributed by atoms with Crippen LogP contribution >= 0.6 is 23.1 Å². The summed E-state index contributed by atoms with van der Waals surface area (Å²) in [5.74, 6) is 0.804. The Morgan fingerprint density at radius 3 is 2.70 bits per heavy atom. The van der Waals surface area contributed by atoms with Crippen LogP contribution in [0.2, 0.25) is 0 Å². The Balaban J connectivity index is 1.79. The van der Waals surface area contributed by atoms with Crippen LogP contribution in [0, 0.1) is 12.8 Å². The Morgan fingerprint density at radius 1 is 1.35 bits per heavy atom. The van der Waals surface area contributed by atoms with Crippen LogP contribution in [-0.2, 0) is 6.42 Å². The van der Waals surface area contributed by atoms with Gasteiger partial charge in [0.1, 0.15) is 0 Å². The van der Waals surface area contributed by atoms with Crippen molar-refractivity contribution in [3.8, 4) is 0 Å². The summed E-state index contributed by atoms with van der Waals surface area (Å²) >= 11 is 3.85. The molecule has 2 nitrogen and oxygen atoms in total. The summed E-state index contributed by atoms with van der Waals surface area (Å²) in [6, 6.07) is 4.91. The molecule has 4 heteroatoms. The number of nitrogens with zero attached hydrogens (tertiary/aromatic N) is 1. The van der Waals surface area contributed by atoms with Gasteiger partial charge in [-0.15, -0.1) is 11.3 Å². The smallest absolute Gasteiger partial charge is 0.157 e. The molecule has 1 aromatic heterocycles. The SMILES string of the molecule is CCC(CC)C1CN=C(NC(C)Cc2ccc(C)s2)S1. The molecule has 1 aliphatic rings. The lowest BCUT2D eigenvalue weighted by molar-refractivity contribution is 0.479. The van der Waals surface area contributed by atoms with E-state index in [0.29, 0.717) is 11.3 Å². The Morgan fingerprint density at radius 2 is 2.10 bits per heavy atom. The third-order valence-corrected chi connectivity index (χ3v) is 6.26. The molecule has 0 spiro atoms. The van der Waals surface area contributed by atoms with E-state index in [0.717, 1.165) is 24.1 Å². The summed E-state index contributed by atoms with van der Waals surface area (Å²) in [6.45, 7) is 10.00. The Bertz CT molecular complexity index is 449. The Hall–Kier alpha value is -0.480. The van der Waals surface area contributed by atoms with E-state index in [4.69, 9.17) is 4.99 Å². The standard InChI is InChI=1S/C16H26N2S2/c1-5-13(6-2)15-10-17-16(20-15)18-11(3)9-14-8-7-12(4)19-14/h7-8,11,13,15H,5-6,9-10H2,1-4H3,(H,17,18). The second-order valence-electron chi connectivity index (χ2n) is 5.64. The molecule has 2 atom stereocenters. The second-order valence-corrected chi connectivity index (χ2v) is 8.24. The van der Waals surface area contributed by atoms with Gasteiger partial charge in [-0.1, -0.05) is 38.5 Å². The average Bonchev–Trinajstić information content (AvgIpc) is 3.01. The molecule has 0 radical (unpaired) electrons. The maximum Gasteiger partial charge on any atom is 0.157 e. The molecular weight excluding hydrogens is 284 g/mol. The van der Waals surface area contributed by atoms with Gasteiger partial charge in [0.25, 0.3) is 0 Å². The molecule has 0 aromatic carbocycles. The molecule has 1 N–H and O–H groups in total. The highest BCUT2D eigenvalue weighted by Gasteiger charge is 2.26. The highest BCUT2D eigenvalue weighted by Crippen LogP contribution is 2.30. The van der Waals surface area contributed by atoms with Gasteiger partial charge in [0.2, 0.25) is 0 Å². The van der Waals surface area contributed by atoms with Crippen LogP contribution in [-0.4, -0.2) is 23.0 Å². The maximum absolute atomic E-state index is 4.69. The monoisotopic (exact) mass is 310 g/mol. The molecule has 0 aliphatic carbocycles. The van der Waals surface area contributed by atoms with E-state index in [1.807, 2.05) is 23.1 Å². The number of hydrogen-bond donors (Lipinski definition) is 1. The highest BCUT2D eigenvalue weighted by molar-refractivity contribution is 8.14. The van der Waals surface area contributed by atoms with Gasteiger partial charge in [0.05, 0.1) is 6.54 Å². The minimum absolute atomic E-state index is 0.458. The third kappa shape index (κ3) is 4.26. The van der Waals surface area contributed by atoms with E-state index in [2.05, 4.69) is 45.1 Å².